The molecule has 0 spiro atoms. The number of aliphatic hydroxyl groups excluding tert-OH is 3. The molecule has 0 amide bonds. The summed E-state index contributed by atoms with van der Waals surface area (Å²) in [5.41, 5.74) is -0.730. The lowest BCUT2D eigenvalue weighted by atomic mass is 9.90. The maximum Gasteiger partial charge on any atom is 0.278 e. The topological polar surface area (TPSA) is 133 Å². The molecule has 2 rings (SSSR count). The molecule has 0 unspecified atom stereocenters. The zero-order chi connectivity index (χ0) is 14.2. The third kappa shape index (κ3) is 2.20. The third-order valence-electron chi connectivity index (χ3n) is 3.08. The smallest absolute Gasteiger partial charge is 0.278 e. The Morgan fingerprint density at radius 2 is 1.95 bits per heavy atom. The van der Waals surface area contributed by atoms with Crippen LogP contribution in [0.2, 0.25) is 0 Å². The molecule has 1 aromatic rings. The van der Waals surface area contributed by atoms with Crippen LogP contribution in [-0.4, -0.2) is 50.3 Å². The van der Waals surface area contributed by atoms with E-state index in [1.165, 1.54) is 18.2 Å². The molecule has 1 aromatic carbocycles. The summed E-state index contributed by atoms with van der Waals surface area (Å²) in [6, 6.07) is 5.17. The van der Waals surface area contributed by atoms with E-state index in [1.807, 2.05) is 0 Å². The van der Waals surface area contributed by atoms with Crippen molar-refractivity contribution >= 4 is 5.69 Å². The Hall–Kier alpha value is -1.58. The third-order valence-corrected chi connectivity index (χ3v) is 3.08. The van der Waals surface area contributed by atoms with Gasteiger partial charge in [-0.05, 0) is 6.07 Å². The largest absolute Gasteiger partial charge is 0.388 e. The maximum atomic E-state index is 10.9. The van der Waals surface area contributed by atoms with Crippen LogP contribution in [-0.2, 0) is 10.5 Å². The van der Waals surface area contributed by atoms with Gasteiger partial charge in [0.15, 0.2) is 0 Å². The van der Waals surface area contributed by atoms with Gasteiger partial charge in [0, 0.05) is 6.07 Å². The number of hydrogen-bond acceptors (Lipinski definition) is 7. The first kappa shape index (κ1) is 13.8. The minimum Gasteiger partial charge on any atom is -0.388 e. The first-order valence-electron chi connectivity index (χ1n) is 5.52. The highest BCUT2D eigenvalue weighted by Gasteiger charge is 2.52. The monoisotopic (exact) mass is 271 g/mol. The van der Waals surface area contributed by atoms with E-state index in [4.69, 9.17) is 4.74 Å². The van der Waals surface area contributed by atoms with Gasteiger partial charge < -0.3 is 25.2 Å². The standard InChI is InChI=1S/C11H13NO7/c13-8-5-19-11(16,10(15)9(8)14)6-3-1-2-4-7(6)12(17)18/h1-4,8-10,13-16H,5H2/t8-,9+,10-,11-/m1/s1. The average Bonchev–Trinajstić information content (AvgIpc) is 2.41. The van der Waals surface area contributed by atoms with E-state index in [2.05, 4.69) is 0 Å². The minimum absolute atomic E-state index is 0.279. The fraction of sp³-hybridized carbons (Fsp3) is 0.455. The summed E-state index contributed by atoms with van der Waals surface area (Å²) in [4.78, 5) is 10.2. The van der Waals surface area contributed by atoms with Crippen LogP contribution in [0.3, 0.4) is 0 Å². The molecular formula is C11H13NO7. The maximum absolute atomic E-state index is 10.9. The second-order valence-corrected chi connectivity index (χ2v) is 4.28. The second-order valence-electron chi connectivity index (χ2n) is 4.28. The molecule has 8 nitrogen and oxygen atoms in total. The van der Waals surface area contributed by atoms with Gasteiger partial charge in [0.2, 0.25) is 5.79 Å². The number of ether oxygens (including phenoxy) is 1. The first-order chi connectivity index (χ1) is 8.88. The minimum atomic E-state index is -2.44. The van der Waals surface area contributed by atoms with E-state index in [0.717, 1.165) is 6.07 Å². The summed E-state index contributed by atoms with van der Waals surface area (Å²) in [5.74, 6) is -2.44. The van der Waals surface area contributed by atoms with Crippen LogP contribution in [0, 0.1) is 10.1 Å². The molecule has 1 aliphatic heterocycles. The van der Waals surface area contributed by atoms with Crippen molar-refractivity contribution < 1.29 is 30.1 Å². The fourth-order valence-electron chi connectivity index (χ4n) is 2.01. The second kappa shape index (κ2) is 4.83. The Labute approximate surface area is 107 Å². The molecule has 19 heavy (non-hydrogen) atoms. The Kier molecular flexibility index (Phi) is 3.52. The average molecular weight is 271 g/mol. The first-order valence-corrected chi connectivity index (χ1v) is 5.52. The quantitative estimate of drug-likeness (QED) is 0.394. The molecule has 4 N–H and O–H groups in total. The molecule has 4 atom stereocenters. The van der Waals surface area contributed by atoms with Gasteiger partial charge in [-0.25, -0.2) is 0 Å². The summed E-state index contributed by atoms with van der Waals surface area (Å²) in [5, 5.41) is 49.9. The molecule has 0 aromatic heterocycles. The van der Waals surface area contributed by atoms with Crippen LogP contribution < -0.4 is 0 Å². The van der Waals surface area contributed by atoms with Crippen molar-refractivity contribution in [1.29, 1.82) is 0 Å². The zero-order valence-electron chi connectivity index (χ0n) is 9.71. The van der Waals surface area contributed by atoms with Crippen LogP contribution in [0.15, 0.2) is 24.3 Å². The van der Waals surface area contributed by atoms with Gasteiger partial charge in [0.1, 0.15) is 18.3 Å². The Morgan fingerprint density at radius 1 is 1.32 bits per heavy atom. The number of nitro groups is 1. The highest BCUT2D eigenvalue weighted by molar-refractivity contribution is 5.43. The van der Waals surface area contributed by atoms with Crippen molar-refractivity contribution in [3.05, 3.63) is 39.9 Å². The van der Waals surface area contributed by atoms with Crippen LogP contribution in [0.5, 0.6) is 0 Å². The lowest BCUT2D eigenvalue weighted by molar-refractivity contribution is -0.393. The molecule has 0 aliphatic carbocycles. The summed E-state index contributed by atoms with van der Waals surface area (Å²) in [7, 11) is 0. The van der Waals surface area contributed by atoms with Crippen molar-refractivity contribution in [2.24, 2.45) is 0 Å². The van der Waals surface area contributed by atoms with Gasteiger partial charge in [-0.3, -0.25) is 10.1 Å². The molecule has 104 valence electrons. The van der Waals surface area contributed by atoms with E-state index in [0.29, 0.717) is 0 Å². The molecule has 0 radical (unpaired) electrons. The lowest BCUT2D eigenvalue weighted by Crippen LogP contribution is -2.59. The molecule has 0 saturated carbocycles. The Bertz CT molecular complexity index is 494. The van der Waals surface area contributed by atoms with E-state index in [9.17, 15) is 30.5 Å². The molecule has 1 heterocycles. The van der Waals surface area contributed by atoms with Gasteiger partial charge >= 0.3 is 0 Å². The number of nitro benzene ring substituents is 1. The number of para-hydroxylation sites is 1. The van der Waals surface area contributed by atoms with Gasteiger partial charge in [-0.2, -0.15) is 0 Å². The van der Waals surface area contributed by atoms with Crippen molar-refractivity contribution in [2.75, 3.05) is 6.61 Å². The van der Waals surface area contributed by atoms with Crippen LogP contribution in [0.4, 0.5) is 5.69 Å². The van der Waals surface area contributed by atoms with Crippen molar-refractivity contribution in [1.82, 2.24) is 0 Å². The Morgan fingerprint density at radius 3 is 2.58 bits per heavy atom. The molecule has 1 saturated heterocycles. The van der Waals surface area contributed by atoms with Crippen LogP contribution in [0.1, 0.15) is 5.56 Å². The fourth-order valence-corrected chi connectivity index (χ4v) is 2.01. The number of nitrogens with zero attached hydrogens (tertiary/aromatic N) is 1. The summed E-state index contributed by atoms with van der Waals surface area (Å²) < 4.78 is 4.93. The van der Waals surface area contributed by atoms with Crippen molar-refractivity contribution in [3.8, 4) is 0 Å². The highest BCUT2D eigenvalue weighted by atomic mass is 16.7. The molecule has 8 heteroatoms. The molecule has 1 fully saturated rings. The number of aliphatic hydroxyl groups is 4. The highest BCUT2D eigenvalue weighted by Crippen LogP contribution is 2.37. The molecular weight excluding hydrogens is 258 g/mol. The lowest BCUT2D eigenvalue weighted by Gasteiger charge is -2.41. The van der Waals surface area contributed by atoms with Crippen LogP contribution in [0.25, 0.3) is 0 Å². The SMILES string of the molecule is O=[N+]([O-])c1ccccc1[C@@]1(O)OC[C@@H](O)[C@H](O)[C@H]1O. The van der Waals surface area contributed by atoms with Crippen molar-refractivity contribution in [2.45, 2.75) is 24.1 Å². The summed E-state index contributed by atoms with van der Waals surface area (Å²) >= 11 is 0. The normalized spacial score (nSPS) is 35.1. The van der Waals surface area contributed by atoms with E-state index in [1.54, 1.807) is 0 Å². The summed E-state index contributed by atoms with van der Waals surface area (Å²) in [6.07, 6.45) is -4.95. The molecule has 0 bridgehead atoms. The number of hydrogen-bond donors (Lipinski definition) is 4. The molecule has 1 aliphatic rings. The van der Waals surface area contributed by atoms with Crippen molar-refractivity contribution in [3.63, 3.8) is 0 Å². The number of benzene rings is 1. The summed E-state index contributed by atoms with van der Waals surface area (Å²) in [6.45, 7) is -0.458. The van der Waals surface area contributed by atoms with E-state index < -0.39 is 41.3 Å². The predicted octanol–water partition coefficient (Wildman–Crippen LogP) is -1.15. The van der Waals surface area contributed by atoms with Gasteiger partial charge in [0.05, 0.1) is 17.1 Å². The predicted molar refractivity (Wildman–Crippen MR) is 61.0 cm³/mol. The Balaban J connectivity index is 2.48. The van der Waals surface area contributed by atoms with Gasteiger partial charge in [-0.1, -0.05) is 12.1 Å². The number of rotatable bonds is 2. The zero-order valence-corrected chi connectivity index (χ0v) is 9.71. The van der Waals surface area contributed by atoms with Crippen LogP contribution >= 0.6 is 0 Å². The van der Waals surface area contributed by atoms with Gasteiger partial charge in [0.25, 0.3) is 5.69 Å². The van der Waals surface area contributed by atoms with Gasteiger partial charge in [-0.15, -0.1) is 0 Å². The van der Waals surface area contributed by atoms with E-state index in [-0.39, 0.29) is 5.56 Å². The van der Waals surface area contributed by atoms with E-state index >= 15 is 0 Å².